The van der Waals surface area contributed by atoms with Crippen molar-refractivity contribution in [3.8, 4) is 5.75 Å². The van der Waals surface area contributed by atoms with Crippen LogP contribution in [0.5, 0.6) is 5.75 Å². The molecule has 0 spiro atoms. The first-order valence-corrected chi connectivity index (χ1v) is 11.3. The van der Waals surface area contributed by atoms with Gasteiger partial charge in [0.25, 0.3) is 0 Å². The van der Waals surface area contributed by atoms with E-state index in [-0.39, 0.29) is 13.2 Å². The highest BCUT2D eigenvalue weighted by atomic mass is 16.5. The summed E-state index contributed by atoms with van der Waals surface area (Å²) in [5.41, 5.74) is 2.12. The van der Waals surface area contributed by atoms with Crippen LogP contribution in [0.1, 0.15) is 64.2 Å². The topological polar surface area (TPSA) is 71.3 Å². The molecule has 0 atom stereocenters. The Morgan fingerprint density at radius 3 is 1.97 bits per heavy atom. The number of unbranched alkanes of at least 4 members (excludes halogenated alkanes) is 6. The summed E-state index contributed by atoms with van der Waals surface area (Å²) in [4.78, 5) is 4.57. The third-order valence-electron chi connectivity index (χ3n) is 5.02. The van der Waals surface area contributed by atoms with Gasteiger partial charge in [-0.15, -0.1) is 0 Å². The number of aliphatic hydroxyl groups is 2. The van der Waals surface area contributed by atoms with E-state index in [0.29, 0.717) is 6.61 Å². The van der Waals surface area contributed by atoms with Gasteiger partial charge in [0.2, 0.25) is 0 Å². The van der Waals surface area contributed by atoms with Crippen LogP contribution in [0.3, 0.4) is 0 Å². The molecule has 2 rings (SSSR count). The Labute approximate surface area is 181 Å². The molecule has 0 bridgehead atoms. The van der Waals surface area contributed by atoms with Gasteiger partial charge in [-0.25, -0.2) is 0 Å². The van der Waals surface area contributed by atoms with Crippen molar-refractivity contribution < 1.29 is 19.7 Å². The van der Waals surface area contributed by atoms with Crippen molar-refractivity contribution >= 4 is 11.9 Å². The highest BCUT2D eigenvalue weighted by Crippen LogP contribution is 2.21. The lowest BCUT2D eigenvalue weighted by Gasteiger charge is -2.14. The normalized spacial score (nSPS) is 13.9. The van der Waals surface area contributed by atoms with E-state index in [9.17, 15) is 0 Å². The molecule has 1 aromatic rings. The largest absolute Gasteiger partial charge is 0.498 e. The molecule has 30 heavy (non-hydrogen) atoms. The van der Waals surface area contributed by atoms with Crippen molar-refractivity contribution in [1.29, 1.82) is 0 Å². The van der Waals surface area contributed by atoms with Gasteiger partial charge in [0.1, 0.15) is 5.75 Å². The molecule has 2 N–H and O–H groups in total. The van der Waals surface area contributed by atoms with Gasteiger partial charge in [0.05, 0.1) is 24.7 Å². The van der Waals surface area contributed by atoms with Crippen molar-refractivity contribution in [1.82, 2.24) is 0 Å². The van der Waals surface area contributed by atoms with Crippen molar-refractivity contribution in [2.24, 2.45) is 4.99 Å². The number of aliphatic hydroxyl groups excluding tert-OH is 2. The Kier molecular flexibility index (Phi) is 12.6. The summed E-state index contributed by atoms with van der Waals surface area (Å²) in [5.74, 6) is 1.92. The molecule has 0 saturated heterocycles. The number of rotatable bonds is 16. The van der Waals surface area contributed by atoms with Gasteiger partial charge in [-0.3, -0.25) is 4.99 Å². The summed E-state index contributed by atoms with van der Waals surface area (Å²) >= 11 is 0. The van der Waals surface area contributed by atoms with E-state index in [1.165, 1.54) is 5.57 Å². The Morgan fingerprint density at radius 1 is 0.733 bits per heavy atom. The van der Waals surface area contributed by atoms with E-state index in [1.54, 1.807) is 0 Å². The van der Waals surface area contributed by atoms with Crippen molar-refractivity contribution in [2.75, 3.05) is 26.4 Å². The second-order valence-electron chi connectivity index (χ2n) is 7.60. The molecule has 166 valence electrons. The molecule has 1 aliphatic carbocycles. The molecule has 5 nitrogen and oxygen atoms in total. The van der Waals surface area contributed by atoms with E-state index in [4.69, 9.17) is 19.7 Å². The number of hydrogen-bond donors (Lipinski definition) is 2. The Hall–Kier alpha value is -2.11. The van der Waals surface area contributed by atoms with Crippen LogP contribution in [0.15, 0.2) is 52.7 Å². The molecule has 0 saturated carbocycles. The summed E-state index contributed by atoms with van der Waals surface area (Å²) in [6.45, 7) is 2.02. The first-order valence-electron chi connectivity index (χ1n) is 11.3. The minimum atomic E-state index is 0.276. The lowest BCUT2D eigenvalue weighted by molar-refractivity contribution is 0.193. The second-order valence-corrected chi connectivity index (χ2v) is 7.60. The van der Waals surface area contributed by atoms with Crippen molar-refractivity contribution in [3.05, 3.63) is 47.7 Å². The number of ether oxygens (including phenoxy) is 2. The zero-order valence-corrected chi connectivity index (χ0v) is 18.1. The lowest BCUT2D eigenvalue weighted by Crippen LogP contribution is -2.00. The Morgan fingerprint density at radius 2 is 1.37 bits per heavy atom. The fourth-order valence-corrected chi connectivity index (χ4v) is 3.18. The zero-order valence-electron chi connectivity index (χ0n) is 18.1. The third kappa shape index (κ3) is 10.6. The smallest absolute Gasteiger partial charge is 0.119 e. The van der Waals surface area contributed by atoms with Crippen LogP contribution in [0.4, 0.5) is 5.69 Å². The standard InChI is InChI=1S/C25H37NO4/c27-17-5-1-3-7-19-29-24-13-9-22(10-14-24)21-26-23-11-15-25(16-12-23)30-20-8-4-2-6-18-28/h9,11-13,15-16,21,27-28H,1-8,10,14,17-20H2. The van der Waals surface area contributed by atoms with Crippen LogP contribution < -0.4 is 4.74 Å². The minimum absolute atomic E-state index is 0.276. The minimum Gasteiger partial charge on any atom is -0.498 e. The molecule has 0 aromatic heterocycles. The van der Waals surface area contributed by atoms with Gasteiger partial charge in [-0.1, -0.05) is 18.9 Å². The van der Waals surface area contributed by atoms with Crippen molar-refractivity contribution in [3.63, 3.8) is 0 Å². The van der Waals surface area contributed by atoms with Crippen LogP contribution in [-0.4, -0.2) is 42.9 Å². The summed E-state index contributed by atoms with van der Waals surface area (Å²) in [6.07, 6.45) is 16.1. The van der Waals surface area contributed by atoms with E-state index < -0.39 is 0 Å². The predicted octanol–water partition coefficient (Wildman–Crippen LogP) is 5.49. The van der Waals surface area contributed by atoms with Crippen LogP contribution in [-0.2, 0) is 4.74 Å². The lowest BCUT2D eigenvalue weighted by atomic mass is 10.0. The molecule has 1 aromatic carbocycles. The number of aliphatic imine (C=N–C) groups is 1. The zero-order chi connectivity index (χ0) is 21.3. The maximum atomic E-state index is 8.77. The average Bonchev–Trinajstić information content (AvgIpc) is 2.79. The molecule has 1 aliphatic rings. The monoisotopic (exact) mass is 415 g/mol. The van der Waals surface area contributed by atoms with Gasteiger partial charge in [-0.2, -0.15) is 0 Å². The first-order chi connectivity index (χ1) is 14.8. The molecule has 0 radical (unpaired) electrons. The molecular weight excluding hydrogens is 378 g/mol. The van der Waals surface area contributed by atoms with E-state index in [1.807, 2.05) is 30.5 Å². The van der Waals surface area contributed by atoms with E-state index in [0.717, 1.165) is 88.0 Å². The highest BCUT2D eigenvalue weighted by molar-refractivity contribution is 5.81. The first kappa shape index (κ1) is 24.2. The average molecular weight is 416 g/mol. The number of nitrogens with zero attached hydrogens (tertiary/aromatic N) is 1. The maximum Gasteiger partial charge on any atom is 0.119 e. The number of hydrogen-bond acceptors (Lipinski definition) is 5. The summed E-state index contributed by atoms with van der Waals surface area (Å²) in [5, 5.41) is 17.5. The van der Waals surface area contributed by atoms with Gasteiger partial charge in [-0.05, 0) is 80.9 Å². The van der Waals surface area contributed by atoms with Crippen LogP contribution in [0.2, 0.25) is 0 Å². The molecule has 0 unspecified atom stereocenters. The molecule has 5 heteroatoms. The maximum absolute atomic E-state index is 8.77. The summed E-state index contributed by atoms with van der Waals surface area (Å²) in [7, 11) is 0. The van der Waals surface area contributed by atoms with E-state index in [2.05, 4.69) is 17.1 Å². The van der Waals surface area contributed by atoms with Gasteiger partial charge in [0, 0.05) is 25.8 Å². The molecular formula is C25H37NO4. The quantitative estimate of drug-likeness (QED) is 0.276. The van der Waals surface area contributed by atoms with Gasteiger partial charge >= 0.3 is 0 Å². The SMILES string of the molecule is OCCCCCCOC1=CC=C(C=Nc2ccc(OCCCCCCO)cc2)CC1. The van der Waals surface area contributed by atoms with Crippen molar-refractivity contribution in [2.45, 2.75) is 64.2 Å². The van der Waals surface area contributed by atoms with Gasteiger partial charge < -0.3 is 19.7 Å². The number of benzene rings is 1. The van der Waals surface area contributed by atoms with Crippen LogP contribution in [0.25, 0.3) is 0 Å². The third-order valence-corrected chi connectivity index (χ3v) is 5.02. The van der Waals surface area contributed by atoms with Crippen LogP contribution in [0, 0.1) is 0 Å². The molecule has 0 amide bonds. The fraction of sp³-hybridized carbons (Fsp3) is 0.560. The number of allylic oxidation sites excluding steroid dienone is 4. The van der Waals surface area contributed by atoms with E-state index >= 15 is 0 Å². The molecule has 0 fully saturated rings. The molecule has 0 heterocycles. The Bertz CT molecular complexity index is 664. The van der Waals surface area contributed by atoms with Gasteiger partial charge in [0.15, 0.2) is 0 Å². The van der Waals surface area contributed by atoms with Crippen LogP contribution >= 0.6 is 0 Å². The fourth-order valence-electron chi connectivity index (χ4n) is 3.18. The second kappa shape index (κ2) is 15.7. The summed E-state index contributed by atoms with van der Waals surface area (Å²) in [6, 6.07) is 7.87. The Balaban J connectivity index is 1.66. The molecule has 0 aliphatic heterocycles. The highest BCUT2D eigenvalue weighted by Gasteiger charge is 2.06. The predicted molar refractivity (Wildman–Crippen MR) is 123 cm³/mol. The summed E-state index contributed by atoms with van der Waals surface area (Å²) < 4.78 is 11.6.